The summed E-state index contributed by atoms with van der Waals surface area (Å²) in [5, 5.41) is 0. The van der Waals surface area contributed by atoms with Crippen LogP contribution in [0.5, 0.6) is 0 Å². The minimum Gasteiger partial charge on any atom is -0.399 e. The van der Waals surface area contributed by atoms with Crippen LogP contribution in [0.2, 0.25) is 0 Å². The van der Waals surface area contributed by atoms with E-state index in [1.54, 1.807) is 24.3 Å². The van der Waals surface area contributed by atoms with Crippen LogP contribution in [0, 0.1) is 12.3 Å². The molecule has 0 bridgehead atoms. The predicted molar refractivity (Wildman–Crippen MR) is 53.3 cm³/mol. The lowest BCUT2D eigenvalue weighted by molar-refractivity contribution is 0.0984. The van der Waals surface area contributed by atoms with Crippen molar-refractivity contribution < 1.29 is 4.79 Å². The molecule has 0 aliphatic rings. The molecule has 0 aromatic heterocycles. The summed E-state index contributed by atoms with van der Waals surface area (Å²) in [6, 6.07) is 6.92. The molecule has 0 atom stereocenters. The smallest absolute Gasteiger partial charge is 0.163 e. The number of rotatable bonds is 3. The Morgan fingerprint density at radius 3 is 2.92 bits per heavy atom. The van der Waals surface area contributed by atoms with E-state index >= 15 is 0 Å². The van der Waals surface area contributed by atoms with Gasteiger partial charge in [0.2, 0.25) is 0 Å². The molecule has 0 unspecified atom stereocenters. The number of Topliss-reactive ketones (excluding diaryl/α,β-unsaturated/α-hetero) is 1. The van der Waals surface area contributed by atoms with Gasteiger partial charge in [0.1, 0.15) is 0 Å². The van der Waals surface area contributed by atoms with Crippen LogP contribution in [0.15, 0.2) is 24.3 Å². The molecule has 0 aliphatic carbocycles. The van der Waals surface area contributed by atoms with Gasteiger partial charge in [-0.05, 0) is 12.1 Å². The molecule has 0 saturated heterocycles. The van der Waals surface area contributed by atoms with Crippen LogP contribution in [0.1, 0.15) is 23.2 Å². The van der Waals surface area contributed by atoms with Gasteiger partial charge in [0.25, 0.3) is 0 Å². The molecular weight excluding hydrogens is 162 g/mol. The van der Waals surface area contributed by atoms with E-state index in [1.165, 1.54) is 0 Å². The molecule has 1 aromatic rings. The first-order valence-corrected chi connectivity index (χ1v) is 4.06. The summed E-state index contributed by atoms with van der Waals surface area (Å²) in [4.78, 5) is 11.4. The van der Waals surface area contributed by atoms with E-state index in [9.17, 15) is 4.79 Å². The van der Waals surface area contributed by atoms with Crippen molar-refractivity contribution in [1.29, 1.82) is 0 Å². The molecule has 2 nitrogen and oxygen atoms in total. The summed E-state index contributed by atoms with van der Waals surface area (Å²) in [6.45, 7) is 0. The third-order valence-electron chi connectivity index (χ3n) is 1.71. The molecule has 2 N–H and O–H groups in total. The molecule has 66 valence electrons. The first-order chi connectivity index (χ1) is 6.24. The van der Waals surface area contributed by atoms with Crippen molar-refractivity contribution in [3.8, 4) is 12.3 Å². The molecule has 0 fully saturated rings. The van der Waals surface area contributed by atoms with Gasteiger partial charge in [-0.25, -0.2) is 0 Å². The SMILES string of the molecule is C#CCCC(=O)c1cccc(N)c1. The quantitative estimate of drug-likeness (QED) is 0.430. The maximum atomic E-state index is 11.4. The van der Waals surface area contributed by atoms with Crippen molar-refractivity contribution in [2.75, 3.05) is 5.73 Å². The van der Waals surface area contributed by atoms with Crippen LogP contribution in [0.25, 0.3) is 0 Å². The van der Waals surface area contributed by atoms with Gasteiger partial charge < -0.3 is 5.73 Å². The second kappa shape index (κ2) is 4.32. The summed E-state index contributed by atoms with van der Waals surface area (Å²) in [7, 11) is 0. The Labute approximate surface area is 77.8 Å². The van der Waals surface area contributed by atoms with Crippen molar-refractivity contribution in [3.63, 3.8) is 0 Å². The Morgan fingerprint density at radius 1 is 1.54 bits per heavy atom. The lowest BCUT2D eigenvalue weighted by atomic mass is 10.1. The number of nitrogen functional groups attached to an aromatic ring is 1. The average molecular weight is 173 g/mol. The summed E-state index contributed by atoms with van der Waals surface area (Å²) in [6.07, 6.45) is 5.93. The van der Waals surface area contributed by atoms with Gasteiger partial charge in [0.15, 0.2) is 5.78 Å². The van der Waals surface area contributed by atoms with E-state index in [-0.39, 0.29) is 5.78 Å². The summed E-state index contributed by atoms with van der Waals surface area (Å²) < 4.78 is 0. The van der Waals surface area contributed by atoms with Crippen LogP contribution in [-0.4, -0.2) is 5.78 Å². The highest BCUT2D eigenvalue weighted by Gasteiger charge is 2.03. The zero-order valence-corrected chi connectivity index (χ0v) is 7.29. The Hall–Kier alpha value is -1.75. The second-order valence-corrected chi connectivity index (χ2v) is 2.75. The van der Waals surface area contributed by atoms with Crippen LogP contribution in [-0.2, 0) is 0 Å². The van der Waals surface area contributed by atoms with Gasteiger partial charge in [0.05, 0.1) is 0 Å². The van der Waals surface area contributed by atoms with E-state index in [2.05, 4.69) is 5.92 Å². The van der Waals surface area contributed by atoms with Gasteiger partial charge in [-0.15, -0.1) is 12.3 Å². The van der Waals surface area contributed by atoms with Crippen LogP contribution < -0.4 is 5.73 Å². The molecular formula is C11H11NO. The third kappa shape index (κ3) is 2.64. The maximum Gasteiger partial charge on any atom is 0.163 e. The molecule has 0 amide bonds. The number of carbonyl (C=O) groups excluding carboxylic acids is 1. The fraction of sp³-hybridized carbons (Fsp3) is 0.182. The topological polar surface area (TPSA) is 43.1 Å². The maximum absolute atomic E-state index is 11.4. The molecule has 0 spiro atoms. The zero-order valence-electron chi connectivity index (χ0n) is 7.29. The molecule has 0 saturated carbocycles. The van der Waals surface area contributed by atoms with Crippen LogP contribution in [0.4, 0.5) is 5.69 Å². The standard InChI is InChI=1S/C11H11NO/c1-2-3-7-11(13)9-5-4-6-10(12)8-9/h1,4-6,8H,3,7,12H2. The molecule has 0 aliphatic heterocycles. The summed E-state index contributed by atoms with van der Waals surface area (Å²) >= 11 is 0. The lowest BCUT2D eigenvalue weighted by Gasteiger charge is -1.99. The number of hydrogen-bond acceptors (Lipinski definition) is 2. The fourth-order valence-corrected chi connectivity index (χ4v) is 1.04. The van der Waals surface area contributed by atoms with Crippen molar-refractivity contribution in [1.82, 2.24) is 0 Å². The van der Waals surface area contributed by atoms with Crippen molar-refractivity contribution in [2.45, 2.75) is 12.8 Å². The Balaban J connectivity index is 2.72. The Kier molecular flexibility index (Phi) is 3.10. The van der Waals surface area contributed by atoms with Gasteiger partial charge in [0, 0.05) is 24.1 Å². The molecule has 13 heavy (non-hydrogen) atoms. The first kappa shape index (κ1) is 9.34. The largest absolute Gasteiger partial charge is 0.399 e. The Bertz CT molecular complexity index is 349. The van der Waals surface area contributed by atoms with Crippen molar-refractivity contribution in [2.24, 2.45) is 0 Å². The lowest BCUT2D eigenvalue weighted by Crippen LogP contribution is -1.99. The summed E-state index contributed by atoms with van der Waals surface area (Å²) in [5.74, 6) is 2.48. The van der Waals surface area contributed by atoms with Crippen LogP contribution in [0.3, 0.4) is 0 Å². The Morgan fingerprint density at radius 2 is 2.31 bits per heavy atom. The average Bonchev–Trinajstić information content (AvgIpc) is 2.14. The van der Waals surface area contributed by atoms with Gasteiger partial charge in [-0.1, -0.05) is 12.1 Å². The highest BCUT2D eigenvalue weighted by molar-refractivity contribution is 5.96. The normalized spacial score (nSPS) is 9.15. The molecule has 2 heteroatoms. The van der Waals surface area contributed by atoms with Crippen molar-refractivity contribution in [3.05, 3.63) is 29.8 Å². The summed E-state index contributed by atoms with van der Waals surface area (Å²) in [5.41, 5.74) is 6.77. The van der Waals surface area contributed by atoms with Gasteiger partial charge >= 0.3 is 0 Å². The highest BCUT2D eigenvalue weighted by Crippen LogP contribution is 2.09. The number of benzene rings is 1. The minimum absolute atomic E-state index is 0.0465. The monoisotopic (exact) mass is 173 g/mol. The molecule has 1 rings (SSSR count). The number of carbonyl (C=O) groups is 1. The minimum atomic E-state index is 0.0465. The molecule has 1 aromatic carbocycles. The molecule has 0 radical (unpaired) electrons. The van der Waals surface area contributed by atoms with Crippen LogP contribution >= 0.6 is 0 Å². The van der Waals surface area contributed by atoms with Gasteiger partial charge in [-0.2, -0.15) is 0 Å². The number of anilines is 1. The number of ketones is 1. The zero-order chi connectivity index (χ0) is 9.68. The fourth-order valence-electron chi connectivity index (χ4n) is 1.04. The second-order valence-electron chi connectivity index (χ2n) is 2.75. The van der Waals surface area contributed by atoms with Crippen molar-refractivity contribution >= 4 is 11.5 Å². The molecule has 0 heterocycles. The number of nitrogens with two attached hydrogens (primary N) is 1. The van der Waals surface area contributed by atoms with E-state index in [4.69, 9.17) is 12.2 Å². The predicted octanol–water partition coefficient (Wildman–Crippen LogP) is 1.86. The van der Waals surface area contributed by atoms with E-state index in [0.717, 1.165) is 0 Å². The van der Waals surface area contributed by atoms with E-state index in [1.807, 2.05) is 0 Å². The third-order valence-corrected chi connectivity index (χ3v) is 1.71. The number of hydrogen-bond donors (Lipinski definition) is 1. The highest BCUT2D eigenvalue weighted by atomic mass is 16.1. The van der Waals surface area contributed by atoms with E-state index < -0.39 is 0 Å². The van der Waals surface area contributed by atoms with Gasteiger partial charge in [-0.3, -0.25) is 4.79 Å². The van der Waals surface area contributed by atoms with E-state index in [0.29, 0.717) is 24.1 Å². The first-order valence-electron chi connectivity index (χ1n) is 4.06. The number of terminal acetylenes is 1.